The minimum atomic E-state index is -0.408. The van der Waals surface area contributed by atoms with Gasteiger partial charge in [0, 0.05) is 30.1 Å². The first-order chi connectivity index (χ1) is 20.2. The first kappa shape index (κ1) is 28.3. The third-order valence-corrected chi connectivity index (χ3v) is 9.84. The Morgan fingerprint density at radius 2 is 1.43 bits per heavy atom. The number of thiophene rings is 1. The molecule has 3 heterocycles. The largest absolute Gasteiger partial charge is 0.316 e. The van der Waals surface area contributed by atoms with Crippen LogP contribution in [0.1, 0.15) is 33.0 Å². The molecule has 0 saturated heterocycles. The maximum atomic E-state index is 14.2. The van der Waals surface area contributed by atoms with Gasteiger partial charge in [0.1, 0.15) is 10.0 Å². The van der Waals surface area contributed by atoms with Crippen LogP contribution in [0.3, 0.4) is 0 Å². The SMILES string of the molecule is Cl.O=C(Nc1sc2c(c1-c1nc3ccccc3s1)CCN(Cc1ccccc1)C2)C(c1ccccc1)c1ccccc1. The Morgan fingerprint density at radius 1 is 0.810 bits per heavy atom. The highest BCUT2D eigenvalue weighted by molar-refractivity contribution is 7.23. The number of nitrogens with zero attached hydrogens (tertiary/aromatic N) is 2. The number of rotatable bonds is 7. The Labute approximate surface area is 260 Å². The molecule has 4 aromatic carbocycles. The lowest BCUT2D eigenvalue weighted by molar-refractivity contribution is -0.116. The molecular weight excluding hydrogens is 578 g/mol. The molecule has 0 aliphatic carbocycles. The Morgan fingerprint density at radius 3 is 2.10 bits per heavy atom. The van der Waals surface area contributed by atoms with Gasteiger partial charge in [0.25, 0.3) is 0 Å². The van der Waals surface area contributed by atoms with Gasteiger partial charge in [-0.15, -0.1) is 35.1 Å². The number of fused-ring (bicyclic) bond motifs is 2. The highest BCUT2D eigenvalue weighted by Crippen LogP contribution is 2.46. The molecule has 7 rings (SSSR count). The van der Waals surface area contributed by atoms with Gasteiger partial charge in [0.15, 0.2) is 0 Å². The van der Waals surface area contributed by atoms with Crippen LogP contribution in [0.4, 0.5) is 5.00 Å². The Bertz CT molecular complexity index is 1730. The van der Waals surface area contributed by atoms with Crippen molar-refractivity contribution in [2.45, 2.75) is 25.4 Å². The van der Waals surface area contributed by atoms with E-state index in [0.717, 1.165) is 63.0 Å². The van der Waals surface area contributed by atoms with E-state index >= 15 is 0 Å². The summed E-state index contributed by atoms with van der Waals surface area (Å²) in [4.78, 5) is 23.0. The summed E-state index contributed by atoms with van der Waals surface area (Å²) in [6.07, 6.45) is 0.931. The van der Waals surface area contributed by atoms with Crippen LogP contribution in [0.2, 0.25) is 0 Å². The van der Waals surface area contributed by atoms with Crippen LogP contribution < -0.4 is 5.32 Å². The first-order valence-corrected chi connectivity index (χ1v) is 15.5. The zero-order chi connectivity index (χ0) is 27.6. The number of carbonyl (C=O) groups is 1. The molecule has 0 saturated carbocycles. The Balaban J connectivity index is 0.00000316. The van der Waals surface area contributed by atoms with E-state index in [1.807, 2.05) is 66.7 Å². The summed E-state index contributed by atoms with van der Waals surface area (Å²) in [5.74, 6) is -0.432. The molecule has 1 amide bonds. The van der Waals surface area contributed by atoms with Crippen molar-refractivity contribution in [1.29, 1.82) is 0 Å². The molecule has 42 heavy (non-hydrogen) atoms. The van der Waals surface area contributed by atoms with Gasteiger partial charge >= 0.3 is 0 Å². The second kappa shape index (κ2) is 12.6. The van der Waals surface area contributed by atoms with Crippen molar-refractivity contribution in [1.82, 2.24) is 9.88 Å². The molecule has 7 heteroatoms. The standard InChI is InChI=1S/C35H29N3OS2.ClH/c39-33(31(25-14-6-2-7-15-25)26-16-8-3-9-17-26)37-35-32(34-36-28-18-10-11-19-29(28)40-34)27-20-21-38(23-30(27)41-35)22-24-12-4-1-5-13-24;/h1-19,31H,20-23H2,(H,37,39);1H. The van der Waals surface area contributed by atoms with E-state index in [2.05, 4.69) is 58.7 Å². The number of anilines is 1. The maximum absolute atomic E-state index is 14.2. The monoisotopic (exact) mass is 607 g/mol. The van der Waals surface area contributed by atoms with E-state index in [-0.39, 0.29) is 18.3 Å². The number of nitrogens with one attached hydrogen (secondary N) is 1. The van der Waals surface area contributed by atoms with Crippen molar-refractivity contribution in [3.05, 3.63) is 142 Å². The molecule has 0 unspecified atom stereocenters. The molecule has 4 nitrogen and oxygen atoms in total. The highest BCUT2D eigenvalue weighted by atomic mass is 35.5. The molecular formula is C35H30ClN3OS2. The number of thiazole rings is 1. The van der Waals surface area contributed by atoms with Gasteiger partial charge < -0.3 is 5.32 Å². The molecule has 0 radical (unpaired) electrons. The van der Waals surface area contributed by atoms with Gasteiger partial charge in [0.05, 0.1) is 16.1 Å². The molecule has 0 fully saturated rings. The van der Waals surface area contributed by atoms with E-state index in [1.54, 1.807) is 22.7 Å². The zero-order valence-corrected chi connectivity index (χ0v) is 25.4. The van der Waals surface area contributed by atoms with E-state index < -0.39 is 5.92 Å². The molecule has 6 aromatic rings. The fourth-order valence-electron chi connectivity index (χ4n) is 5.70. The van der Waals surface area contributed by atoms with Crippen molar-refractivity contribution in [3.8, 4) is 10.6 Å². The molecule has 0 atom stereocenters. The van der Waals surface area contributed by atoms with Crippen molar-refractivity contribution < 1.29 is 4.79 Å². The summed E-state index contributed by atoms with van der Waals surface area (Å²) in [5, 5.41) is 5.28. The molecule has 0 bridgehead atoms. The van der Waals surface area contributed by atoms with E-state index in [9.17, 15) is 4.79 Å². The molecule has 1 N–H and O–H groups in total. The lowest BCUT2D eigenvalue weighted by Gasteiger charge is -2.27. The van der Waals surface area contributed by atoms with Crippen LogP contribution in [0.15, 0.2) is 115 Å². The zero-order valence-electron chi connectivity index (χ0n) is 22.9. The summed E-state index contributed by atoms with van der Waals surface area (Å²) < 4.78 is 1.16. The third kappa shape index (κ3) is 5.76. The van der Waals surface area contributed by atoms with Gasteiger partial charge in [-0.1, -0.05) is 103 Å². The fraction of sp³-hybridized carbons (Fsp3) is 0.143. The average Bonchev–Trinajstić information content (AvgIpc) is 3.59. The van der Waals surface area contributed by atoms with Gasteiger partial charge in [0.2, 0.25) is 5.91 Å². The number of amides is 1. The van der Waals surface area contributed by atoms with Gasteiger partial charge in [-0.05, 0) is 40.8 Å². The number of halogens is 1. The molecule has 1 aliphatic rings. The predicted octanol–water partition coefficient (Wildman–Crippen LogP) is 8.78. The molecule has 1 aliphatic heterocycles. The lowest BCUT2D eigenvalue weighted by atomic mass is 9.90. The lowest BCUT2D eigenvalue weighted by Crippen LogP contribution is -2.29. The Kier molecular flexibility index (Phi) is 8.49. The number of benzene rings is 4. The molecule has 0 spiro atoms. The summed E-state index contributed by atoms with van der Waals surface area (Å²) >= 11 is 3.41. The van der Waals surface area contributed by atoms with Gasteiger partial charge in [-0.2, -0.15) is 0 Å². The number of carbonyl (C=O) groups excluding carboxylic acids is 1. The van der Waals surface area contributed by atoms with Gasteiger partial charge in [-0.3, -0.25) is 9.69 Å². The van der Waals surface area contributed by atoms with Crippen LogP contribution >= 0.6 is 35.1 Å². The maximum Gasteiger partial charge on any atom is 0.237 e. The summed E-state index contributed by atoms with van der Waals surface area (Å²) in [5.41, 5.74) is 6.70. The van der Waals surface area contributed by atoms with Crippen molar-refractivity contribution in [3.63, 3.8) is 0 Å². The van der Waals surface area contributed by atoms with Crippen LogP contribution in [0.25, 0.3) is 20.8 Å². The third-order valence-electron chi connectivity index (χ3n) is 7.66. The molecule has 210 valence electrons. The highest BCUT2D eigenvalue weighted by Gasteiger charge is 2.30. The fourth-order valence-corrected chi connectivity index (χ4v) is 8.10. The summed E-state index contributed by atoms with van der Waals surface area (Å²) in [7, 11) is 0. The van der Waals surface area contributed by atoms with E-state index in [4.69, 9.17) is 4.98 Å². The smallest absolute Gasteiger partial charge is 0.237 e. The number of para-hydroxylation sites is 1. The first-order valence-electron chi connectivity index (χ1n) is 13.9. The normalized spacial score (nSPS) is 13.1. The topological polar surface area (TPSA) is 45.2 Å². The quantitative estimate of drug-likeness (QED) is 0.197. The minimum Gasteiger partial charge on any atom is -0.316 e. The summed E-state index contributed by atoms with van der Waals surface area (Å²) in [6.45, 7) is 2.75. The van der Waals surface area contributed by atoms with Crippen LogP contribution in [-0.4, -0.2) is 22.3 Å². The van der Waals surface area contributed by atoms with Crippen LogP contribution in [0.5, 0.6) is 0 Å². The predicted molar refractivity (Wildman–Crippen MR) is 178 cm³/mol. The second-order valence-corrected chi connectivity index (χ2v) is 12.5. The van der Waals surface area contributed by atoms with Crippen molar-refractivity contribution in [2.24, 2.45) is 0 Å². The second-order valence-electron chi connectivity index (χ2n) is 10.4. The van der Waals surface area contributed by atoms with Crippen molar-refractivity contribution in [2.75, 3.05) is 11.9 Å². The number of aromatic nitrogens is 1. The summed E-state index contributed by atoms with van der Waals surface area (Å²) in [6, 6.07) is 39.0. The van der Waals surface area contributed by atoms with Crippen LogP contribution in [-0.2, 0) is 24.3 Å². The number of hydrogen-bond donors (Lipinski definition) is 1. The number of hydrogen-bond acceptors (Lipinski definition) is 5. The van der Waals surface area contributed by atoms with Gasteiger partial charge in [-0.25, -0.2) is 4.98 Å². The van der Waals surface area contributed by atoms with E-state index in [1.165, 1.54) is 16.0 Å². The van der Waals surface area contributed by atoms with Crippen LogP contribution in [0, 0.1) is 0 Å². The Hall–Kier alpha value is -3.81. The average molecular weight is 608 g/mol. The molecule has 2 aromatic heterocycles. The van der Waals surface area contributed by atoms with Crippen molar-refractivity contribution >= 4 is 56.2 Å². The minimum absolute atomic E-state index is 0. The van der Waals surface area contributed by atoms with E-state index in [0.29, 0.717) is 0 Å².